The minimum atomic E-state index is -0.481. The molecule has 0 aliphatic carbocycles. The van der Waals surface area contributed by atoms with Gasteiger partial charge in [0.05, 0.1) is 5.69 Å². The van der Waals surface area contributed by atoms with Crippen molar-refractivity contribution < 1.29 is 14.3 Å². The zero-order valence-corrected chi connectivity index (χ0v) is 13.8. The number of aryl methyl sites for hydroxylation is 1. The zero-order chi connectivity index (χ0) is 17.6. The Bertz CT molecular complexity index is 870. The minimum absolute atomic E-state index is 0.177. The quantitative estimate of drug-likeness (QED) is 0.694. The number of amides is 1. The molecule has 25 heavy (non-hydrogen) atoms. The maximum Gasteiger partial charge on any atom is 0.342 e. The van der Waals surface area contributed by atoms with Crippen molar-refractivity contribution in [3.63, 3.8) is 0 Å². The third-order valence-electron chi connectivity index (χ3n) is 3.78. The molecular formula is C20H18N2O3. The van der Waals surface area contributed by atoms with Gasteiger partial charge in [0.1, 0.15) is 12.2 Å². The molecule has 1 heterocycles. The van der Waals surface area contributed by atoms with Gasteiger partial charge in [-0.05, 0) is 24.6 Å². The topological polar surface area (TPSA) is 71.2 Å². The van der Waals surface area contributed by atoms with Crippen LogP contribution >= 0.6 is 0 Å². The van der Waals surface area contributed by atoms with E-state index >= 15 is 0 Å². The van der Waals surface area contributed by atoms with Gasteiger partial charge in [0.15, 0.2) is 0 Å². The number of anilines is 1. The second-order valence-corrected chi connectivity index (χ2v) is 5.58. The molecule has 0 fully saturated rings. The predicted molar refractivity (Wildman–Crippen MR) is 95.5 cm³/mol. The van der Waals surface area contributed by atoms with Crippen molar-refractivity contribution in [1.29, 1.82) is 0 Å². The summed E-state index contributed by atoms with van der Waals surface area (Å²) in [5.74, 6) is -0.761. The van der Waals surface area contributed by atoms with Crippen molar-refractivity contribution in [3.8, 4) is 0 Å². The van der Waals surface area contributed by atoms with Crippen LogP contribution in [-0.4, -0.2) is 16.9 Å². The molecule has 0 saturated carbocycles. The number of carbonyl (C=O) groups excluding carboxylic acids is 2. The molecule has 0 saturated heterocycles. The van der Waals surface area contributed by atoms with Crippen molar-refractivity contribution in [2.24, 2.45) is 0 Å². The molecule has 1 aromatic heterocycles. The first-order chi connectivity index (χ1) is 12.1. The number of aromatic nitrogens is 1. The summed E-state index contributed by atoms with van der Waals surface area (Å²) in [5, 5.41) is 2.76. The predicted octanol–water partition coefficient (Wildman–Crippen LogP) is 3.93. The Kier molecular flexibility index (Phi) is 4.95. The zero-order valence-electron chi connectivity index (χ0n) is 13.8. The summed E-state index contributed by atoms with van der Waals surface area (Å²) in [6, 6.07) is 18.3. The molecule has 5 heteroatoms. The van der Waals surface area contributed by atoms with Gasteiger partial charge in [0.25, 0.3) is 5.91 Å². The van der Waals surface area contributed by atoms with Gasteiger partial charge in [-0.1, -0.05) is 48.5 Å². The molecule has 0 unspecified atom stereocenters. The van der Waals surface area contributed by atoms with Gasteiger partial charge in [0, 0.05) is 17.5 Å². The van der Waals surface area contributed by atoms with E-state index in [0.29, 0.717) is 22.5 Å². The van der Waals surface area contributed by atoms with Gasteiger partial charge in [-0.2, -0.15) is 0 Å². The van der Waals surface area contributed by atoms with Crippen molar-refractivity contribution in [3.05, 3.63) is 89.2 Å². The lowest BCUT2D eigenvalue weighted by molar-refractivity contribution is 0.0473. The molecule has 3 aromatic rings. The van der Waals surface area contributed by atoms with Crippen molar-refractivity contribution in [2.45, 2.75) is 13.5 Å². The summed E-state index contributed by atoms with van der Waals surface area (Å²) in [6.07, 6.45) is 1.59. The van der Waals surface area contributed by atoms with E-state index in [1.165, 1.54) is 0 Å². The average Bonchev–Trinajstić information content (AvgIpc) is 3.01. The molecule has 2 N–H and O–H groups in total. The standard InChI is InChI=1S/C20H18N2O3/c1-14-18(20(24)25-13-15-8-4-2-5-9-15)17(12-21-14)22-19(23)16-10-6-3-7-11-16/h2-12,21H,13H2,1H3,(H,22,23). The van der Waals surface area contributed by atoms with E-state index in [0.717, 1.165) is 5.56 Å². The Morgan fingerprint density at radius 3 is 2.32 bits per heavy atom. The number of H-pyrrole nitrogens is 1. The van der Waals surface area contributed by atoms with Gasteiger partial charge >= 0.3 is 5.97 Å². The molecule has 0 radical (unpaired) electrons. The Morgan fingerprint density at radius 2 is 1.64 bits per heavy atom. The Balaban J connectivity index is 1.72. The molecule has 0 aliphatic rings. The van der Waals surface area contributed by atoms with Crippen LogP contribution in [0.1, 0.15) is 32.0 Å². The summed E-state index contributed by atoms with van der Waals surface area (Å²) in [4.78, 5) is 27.7. The lowest BCUT2D eigenvalue weighted by atomic mass is 10.2. The van der Waals surface area contributed by atoms with Gasteiger partial charge in [0.2, 0.25) is 0 Å². The third kappa shape index (κ3) is 3.95. The first-order valence-corrected chi connectivity index (χ1v) is 7.90. The number of hydrogen-bond acceptors (Lipinski definition) is 3. The molecule has 0 atom stereocenters. The van der Waals surface area contributed by atoms with E-state index in [9.17, 15) is 9.59 Å². The van der Waals surface area contributed by atoms with Crippen LogP contribution in [0.5, 0.6) is 0 Å². The molecule has 5 nitrogen and oxygen atoms in total. The summed E-state index contributed by atoms with van der Waals surface area (Å²) in [6.45, 7) is 1.94. The molecule has 126 valence electrons. The Morgan fingerprint density at radius 1 is 1.00 bits per heavy atom. The van der Waals surface area contributed by atoms with Crippen LogP contribution in [0, 0.1) is 6.92 Å². The molecule has 2 aromatic carbocycles. The first-order valence-electron chi connectivity index (χ1n) is 7.90. The van der Waals surface area contributed by atoms with Gasteiger partial charge in [-0.15, -0.1) is 0 Å². The number of ether oxygens (including phenoxy) is 1. The fourth-order valence-corrected chi connectivity index (χ4v) is 2.47. The second-order valence-electron chi connectivity index (χ2n) is 5.58. The number of nitrogens with one attached hydrogen (secondary N) is 2. The van der Waals surface area contributed by atoms with Gasteiger partial charge < -0.3 is 15.0 Å². The number of hydrogen-bond donors (Lipinski definition) is 2. The lowest BCUT2D eigenvalue weighted by Gasteiger charge is -2.08. The van der Waals surface area contributed by atoms with E-state index in [1.807, 2.05) is 36.4 Å². The minimum Gasteiger partial charge on any atom is -0.457 e. The van der Waals surface area contributed by atoms with Crippen LogP contribution in [0.2, 0.25) is 0 Å². The van der Waals surface area contributed by atoms with Crippen LogP contribution in [0.3, 0.4) is 0 Å². The normalized spacial score (nSPS) is 10.3. The van der Waals surface area contributed by atoms with Gasteiger partial charge in [-0.3, -0.25) is 4.79 Å². The average molecular weight is 334 g/mol. The summed E-state index contributed by atoms with van der Waals surface area (Å²) < 4.78 is 5.37. The van der Waals surface area contributed by atoms with Crippen LogP contribution in [0.4, 0.5) is 5.69 Å². The number of esters is 1. The number of benzene rings is 2. The molecule has 3 rings (SSSR count). The first kappa shape index (κ1) is 16.5. The Labute approximate surface area is 145 Å². The molecule has 1 amide bonds. The van der Waals surface area contributed by atoms with Crippen molar-refractivity contribution >= 4 is 17.6 Å². The monoisotopic (exact) mass is 334 g/mol. The van der Waals surface area contributed by atoms with Crippen molar-refractivity contribution in [1.82, 2.24) is 4.98 Å². The van der Waals surface area contributed by atoms with Gasteiger partial charge in [-0.25, -0.2) is 4.79 Å². The van der Waals surface area contributed by atoms with Crippen molar-refractivity contribution in [2.75, 3.05) is 5.32 Å². The highest BCUT2D eigenvalue weighted by molar-refractivity contribution is 6.08. The molecule has 0 aliphatic heterocycles. The van der Waals surface area contributed by atoms with Crippen LogP contribution in [0.25, 0.3) is 0 Å². The fourth-order valence-electron chi connectivity index (χ4n) is 2.47. The highest BCUT2D eigenvalue weighted by Crippen LogP contribution is 2.21. The summed E-state index contributed by atoms with van der Waals surface area (Å²) in [7, 11) is 0. The SMILES string of the molecule is Cc1[nH]cc(NC(=O)c2ccccc2)c1C(=O)OCc1ccccc1. The lowest BCUT2D eigenvalue weighted by Crippen LogP contribution is -2.15. The van der Waals surface area contributed by atoms with E-state index < -0.39 is 5.97 Å². The Hall–Kier alpha value is -3.34. The largest absolute Gasteiger partial charge is 0.457 e. The van der Waals surface area contributed by atoms with E-state index in [4.69, 9.17) is 4.74 Å². The van der Waals surface area contributed by atoms with E-state index in [2.05, 4.69) is 10.3 Å². The smallest absolute Gasteiger partial charge is 0.342 e. The van der Waals surface area contributed by atoms with Crippen LogP contribution in [0.15, 0.2) is 66.9 Å². The third-order valence-corrected chi connectivity index (χ3v) is 3.78. The molecular weight excluding hydrogens is 316 g/mol. The molecule has 0 bridgehead atoms. The summed E-state index contributed by atoms with van der Waals surface area (Å²) in [5.41, 5.74) is 2.80. The number of aromatic amines is 1. The maximum atomic E-state index is 12.4. The van der Waals surface area contributed by atoms with E-state index in [-0.39, 0.29) is 12.5 Å². The number of carbonyl (C=O) groups is 2. The maximum absolute atomic E-state index is 12.4. The van der Waals surface area contributed by atoms with Crippen LogP contribution in [-0.2, 0) is 11.3 Å². The fraction of sp³-hybridized carbons (Fsp3) is 0.100. The highest BCUT2D eigenvalue weighted by Gasteiger charge is 2.20. The second kappa shape index (κ2) is 7.49. The van der Waals surface area contributed by atoms with Crippen LogP contribution < -0.4 is 5.32 Å². The molecule has 0 spiro atoms. The summed E-state index contributed by atoms with van der Waals surface area (Å²) >= 11 is 0. The van der Waals surface area contributed by atoms with E-state index in [1.54, 1.807) is 37.4 Å². The highest BCUT2D eigenvalue weighted by atomic mass is 16.5. The number of rotatable bonds is 5.